The second kappa shape index (κ2) is 17.5. The minimum absolute atomic E-state index is 0.186. The first-order valence-corrected chi connectivity index (χ1v) is 11.1. The standard InChI is InChI=1S/C24H45NO/c1-6-10-12-15-22(19-21(9-4)14-8-3)17-18-23(20-25-5)24(26)16-13-11-7-2/h6,10,19,22-23,25H,7-9,11-18,20H2,1-5H3/b10-6-,21-19+/t22?,23-/m0/s1. The van der Waals surface area contributed by atoms with Crippen LogP contribution < -0.4 is 5.32 Å². The predicted octanol–water partition coefficient (Wildman–Crippen LogP) is 6.86. The summed E-state index contributed by atoms with van der Waals surface area (Å²) in [5.74, 6) is 1.26. The number of carbonyl (C=O) groups excluding carboxylic acids is 1. The van der Waals surface area contributed by atoms with Crippen molar-refractivity contribution >= 4 is 5.78 Å². The van der Waals surface area contributed by atoms with Gasteiger partial charge in [0.15, 0.2) is 0 Å². The molecular weight excluding hydrogens is 318 g/mol. The average molecular weight is 364 g/mol. The Bertz CT molecular complexity index is 397. The lowest BCUT2D eigenvalue weighted by molar-refractivity contribution is -0.123. The molecule has 0 fully saturated rings. The van der Waals surface area contributed by atoms with E-state index >= 15 is 0 Å². The first-order chi connectivity index (χ1) is 12.6. The summed E-state index contributed by atoms with van der Waals surface area (Å²) in [7, 11) is 1.96. The van der Waals surface area contributed by atoms with Crippen LogP contribution in [0.3, 0.4) is 0 Å². The van der Waals surface area contributed by atoms with Crippen LogP contribution in [0.4, 0.5) is 0 Å². The Morgan fingerprint density at radius 1 is 1.00 bits per heavy atom. The number of rotatable bonds is 17. The third kappa shape index (κ3) is 12.5. The van der Waals surface area contributed by atoms with Gasteiger partial charge >= 0.3 is 0 Å². The van der Waals surface area contributed by atoms with Gasteiger partial charge in [0, 0.05) is 18.9 Å². The molecule has 0 rings (SSSR count). The molecule has 2 atom stereocenters. The maximum atomic E-state index is 12.6. The molecule has 152 valence electrons. The van der Waals surface area contributed by atoms with E-state index in [2.05, 4.69) is 51.2 Å². The highest BCUT2D eigenvalue weighted by Gasteiger charge is 2.19. The smallest absolute Gasteiger partial charge is 0.137 e. The summed E-state index contributed by atoms with van der Waals surface area (Å²) in [4.78, 5) is 12.6. The van der Waals surface area contributed by atoms with Crippen LogP contribution in [0.5, 0.6) is 0 Å². The van der Waals surface area contributed by atoms with Gasteiger partial charge in [0.1, 0.15) is 5.78 Å². The van der Waals surface area contributed by atoms with Gasteiger partial charge in [0.25, 0.3) is 0 Å². The Hall–Kier alpha value is -0.890. The summed E-state index contributed by atoms with van der Waals surface area (Å²) in [6, 6.07) is 0. The number of hydrogen-bond acceptors (Lipinski definition) is 2. The van der Waals surface area contributed by atoms with E-state index < -0.39 is 0 Å². The minimum atomic E-state index is 0.186. The Morgan fingerprint density at radius 3 is 2.35 bits per heavy atom. The van der Waals surface area contributed by atoms with Crippen molar-refractivity contribution in [1.29, 1.82) is 0 Å². The van der Waals surface area contributed by atoms with Gasteiger partial charge in [-0.15, -0.1) is 0 Å². The van der Waals surface area contributed by atoms with Crippen molar-refractivity contribution in [3.8, 4) is 0 Å². The quantitative estimate of drug-likeness (QED) is 0.226. The summed E-state index contributed by atoms with van der Waals surface area (Å²) in [5, 5.41) is 3.24. The van der Waals surface area contributed by atoms with E-state index in [4.69, 9.17) is 0 Å². The van der Waals surface area contributed by atoms with Crippen LogP contribution in [0.25, 0.3) is 0 Å². The molecule has 0 saturated carbocycles. The molecule has 1 unspecified atom stereocenters. The molecule has 0 aromatic rings. The van der Waals surface area contributed by atoms with E-state index in [9.17, 15) is 4.79 Å². The van der Waals surface area contributed by atoms with Crippen molar-refractivity contribution in [1.82, 2.24) is 5.32 Å². The van der Waals surface area contributed by atoms with Gasteiger partial charge in [-0.25, -0.2) is 0 Å². The summed E-state index contributed by atoms with van der Waals surface area (Å²) < 4.78 is 0. The molecule has 0 saturated heterocycles. The molecule has 0 aromatic heterocycles. The first kappa shape index (κ1) is 25.1. The maximum Gasteiger partial charge on any atom is 0.137 e. The Labute approximate surface area is 163 Å². The summed E-state index contributed by atoms with van der Waals surface area (Å²) in [6.07, 6.45) is 19.2. The van der Waals surface area contributed by atoms with Crippen molar-refractivity contribution in [3.63, 3.8) is 0 Å². The van der Waals surface area contributed by atoms with Crippen LogP contribution in [-0.4, -0.2) is 19.4 Å². The van der Waals surface area contributed by atoms with E-state index in [1.54, 1.807) is 5.57 Å². The van der Waals surface area contributed by atoms with E-state index in [0.29, 0.717) is 11.7 Å². The molecule has 26 heavy (non-hydrogen) atoms. The van der Waals surface area contributed by atoms with Crippen LogP contribution in [-0.2, 0) is 4.79 Å². The van der Waals surface area contributed by atoms with Crippen molar-refractivity contribution in [2.75, 3.05) is 13.6 Å². The zero-order valence-corrected chi connectivity index (χ0v) is 18.3. The molecule has 0 amide bonds. The SMILES string of the molecule is C/C=C\CCC(/C=C(\CC)CCC)CC[C@@H](CNC)C(=O)CCCCC. The van der Waals surface area contributed by atoms with E-state index in [1.165, 1.54) is 32.1 Å². The Kier molecular flexibility index (Phi) is 16.9. The number of unbranched alkanes of at least 4 members (excludes halogenated alkanes) is 2. The third-order valence-corrected chi connectivity index (χ3v) is 5.25. The number of carbonyl (C=O) groups is 1. The average Bonchev–Trinajstić information content (AvgIpc) is 2.64. The molecule has 0 radical (unpaired) electrons. The second-order valence-corrected chi connectivity index (χ2v) is 7.59. The van der Waals surface area contributed by atoms with E-state index in [0.717, 1.165) is 45.1 Å². The predicted molar refractivity (Wildman–Crippen MR) is 117 cm³/mol. The molecule has 0 aliphatic heterocycles. The van der Waals surface area contributed by atoms with Crippen molar-refractivity contribution in [2.45, 2.75) is 98.3 Å². The van der Waals surface area contributed by atoms with Gasteiger partial charge in [-0.2, -0.15) is 0 Å². The van der Waals surface area contributed by atoms with Gasteiger partial charge in [0.05, 0.1) is 0 Å². The molecule has 0 aliphatic carbocycles. The van der Waals surface area contributed by atoms with Gasteiger partial charge < -0.3 is 5.32 Å². The number of allylic oxidation sites excluding steroid dienone is 4. The highest BCUT2D eigenvalue weighted by molar-refractivity contribution is 5.81. The molecule has 2 heteroatoms. The van der Waals surface area contributed by atoms with Crippen molar-refractivity contribution in [3.05, 3.63) is 23.8 Å². The monoisotopic (exact) mass is 363 g/mol. The minimum Gasteiger partial charge on any atom is -0.319 e. The van der Waals surface area contributed by atoms with Crippen LogP contribution in [0, 0.1) is 11.8 Å². The maximum absolute atomic E-state index is 12.6. The summed E-state index contributed by atoms with van der Waals surface area (Å²) in [6.45, 7) is 9.64. The molecule has 1 N–H and O–H groups in total. The lowest BCUT2D eigenvalue weighted by Gasteiger charge is -2.20. The fourth-order valence-electron chi connectivity index (χ4n) is 3.61. The van der Waals surface area contributed by atoms with Crippen molar-refractivity contribution < 1.29 is 4.79 Å². The van der Waals surface area contributed by atoms with Crippen LogP contribution in [0.15, 0.2) is 23.8 Å². The number of Topliss-reactive ketones (excluding diaryl/α,β-unsaturated/α-hetero) is 1. The molecule has 0 spiro atoms. The Morgan fingerprint density at radius 2 is 1.77 bits per heavy atom. The summed E-state index contributed by atoms with van der Waals surface area (Å²) >= 11 is 0. The van der Waals surface area contributed by atoms with E-state index in [-0.39, 0.29) is 5.92 Å². The second-order valence-electron chi connectivity index (χ2n) is 7.59. The Balaban J connectivity index is 4.82. The topological polar surface area (TPSA) is 29.1 Å². The largest absolute Gasteiger partial charge is 0.319 e. The lowest BCUT2D eigenvalue weighted by atomic mass is 9.87. The number of nitrogens with one attached hydrogen (secondary N) is 1. The zero-order chi connectivity index (χ0) is 19.6. The molecule has 0 bridgehead atoms. The fraction of sp³-hybridized carbons (Fsp3) is 0.792. The van der Waals surface area contributed by atoms with Gasteiger partial charge in [-0.1, -0.05) is 63.8 Å². The fourth-order valence-corrected chi connectivity index (χ4v) is 3.61. The van der Waals surface area contributed by atoms with Crippen LogP contribution in [0.2, 0.25) is 0 Å². The van der Waals surface area contributed by atoms with Gasteiger partial charge in [-0.3, -0.25) is 4.79 Å². The molecule has 0 aliphatic rings. The number of ketones is 1. The normalized spacial score (nSPS) is 14.7. The van der Waals surface area contributed by atoms with Gasteiger partial charge in [0.2, 0.25) is 0 Å². The molecule has 2 nitrogen and oxygen atoms in total. The zero-order valence-electron chi connectivity index (χ0n) is 18.3. The highest BCUT2D eigenvalue weighted by Crippen LogP contribution is 2.24. The third-order valence-electron chi connectivity index (χ3n) is 5.25. The van der Waals surface area contributed by atoms with E-state index in [1.807, 2.05) is 7.05 Å². The highest BCUT2D eigenvalue weighted by atomic mass is 16.1. The van der Waals surface area contributed by atoms with Crippen molar-refractivity contribution in [2.24, 2.45) is 11.8 Å². The first-order valence-electron chi connectivity index (χ1n) is 11.1. The molecule has 0 aromatic carbocycles. The molecule has 0 heterocycles. The molecular formula is C24H45NO. The number of hydrogen-bond donors (Lipinski definition) is 1. The van der Waals surface area contributed by atoms with Crippen LogP contribution >= 0.6 is 0 Å². The summed E-state index contributed by atoms with van der Waals surface area (Å²) in [5.41, 5.74) is 1.59. The lowest BCUT2D eigenvalue weighted by Crippen LogP contribution is -2.26. The van der Waals surface area contributed by atoms with Crippen LogP contribution in [0.1, 0.15) is 98.3 Å². The van der Waals surface area contributed by atoms with Gasteiger partial charge in [-0.05, 0) is 64.8 Å².